The van der Waals surface area contributed by atoms with Gasteiger partial charge in [-0.1, -0.05) is 6.92 Å². The molecule has 2 atom stereocenters. The molecule has 1 aromatic rings. The average molecular weight is 328 g/mol. The Morgan fingerprint density at radius 1 is 1.42 bits per heavy atom. The van der Waals surface area contributed by atoms with E-state index in [0.717, 1.165) is 25.4 Å². The van der Waals surface area contributed by atoms with Crippen LogP contribution in [0.25, 0.3) is 0 Å². The van der Waals surface area contributed by atoms with E-state index in [2.05, 4.69) is 58.7 Å². The molecule has 1 aliphatic carbocycles. The number of rotatable bonds is 5. The van der Waals surface area contributed by atoms with Crippen LogP contribution in [0.2, 0.25) is 0 Å². The molecule has 1 N–H and O–H groups in total. The van der Waals surface area contributed by atoms with Crippen LogP contribution in [0.3, 0.4) is 0 Å². The van der Waals surface area contributed by atoms with Crippen molar-refractivity contribution in [2.24, 2.45) is 5.92 Å². The maximum atomic E-state index is 4.50. The summed E-state index contributed by atoms with van der Waals surface area (Å²) in [6.07, 6.45) is 5.72. The second-order valence-electron chi connectivity index (χ2n) is 6.68. The van der Waals surface area contributed by atoms with Crippen molar-refractivity contribution in [3.05, 3.63) is 16.4 Å². The summed E-state index contributed by atoms with van der Waals surface area (Å²) in [7, 11) is 0. The first-order chi connectivity index (χ1) is 8.92. The van der Waals surface area contributed by atoms with Gasteiger partial charge < -0.3 is 5.32 Å². The van der Waals surface area contributed by atoms with E-state index in [1.54, 1.807) is 0 Å². The zero-order chi connectivity index (χ0) is 14.0. The van der Waals surface area contributed by atoms with Crippen molar-refractivity contribution in [1.29, 1.82) is 0 Å². The topological polar surface area (TPSA) is 29.9 Å². The summed E-state index contributed by atoms with van der Waals surface area (Å²) in [5.74, 6) is 1.42. The van der Waals surface area contributed by atoms with E-state index < -0.39 is 0 Å². The third-order valence-electron chi connectivity index (χ3n) is 3.93. The van der Waals surface area contributed by atoms with Crippen LogP contribution in [-0.2, 0) is 6.54 Å². The van der Waals surface area contributed by atoms with Gasteiger partial charge >= 0.3 is 0 Å². The lowest BCUT2D eigenvalue weighted by Crippen LogP contribution is -2.43. The van der Waals surface area contributed by atoms with Crippen molar-refractivity contribution < 1.29 is 0 Å². The van der Waals surface area contributed by atoms with Crippen molar-refractivity contribution in [2.75, 3.05) is 6.54 Å². The maximum absolute atomic E-state index is 4.50. The van der Waals surface area contributed by atoms with E-state index in [9.17, 15) is 0 Å². The van der Waals surface area contributed by atoms with E-state index in [1.807, 2.05) is 6.20 Å². The van der Waals surface area contributed by atoms with Gasteiger partial charge in [0.05, 0.1) is 16.4 Å². The fourth-order valence-corrected chi connectivity index (χ4v) is 3.33. The minimum atomic E-state index is 0.209. The van der Waals surface area contributed by atoms with Crippen LogP contribution in [0.1, 0.15) is 58.6 Å². The highest BCUT2D eigenvalue weighted by atomic mass is 79.9. The number of nitrogens with zero attached hydrogens (tertiary/aromatic N) is 2. The number of aromatic nitrogens is 2. The highest BCUT2D eigenvalue weighted by Crippen LogP contribution is 2.44. The maximum Gasteiger partial charge on any atom is 0.0635 e. The largest absolute Gasteiger partial charge is 0.312 e. The Kier molecular flexibility index (Phi) is 4.72. The van der Waals surface area contributed by atoms with Gasteiger partial charge in [0.25, 0.3) is 0 Å². The van der Waals surface area contributed by atoms with Crippen LogP contribution in [0, 0.1) is 5.92 Å². The van der Waals surface area contributed by atoms with Gasteiger partial charge in [0.2, 0.25) is 0 Å². The van der Waals surface area contributed by atoms with Crippen molar-refractivity contribution in [1.82, 2.24) is 15.1 Å². The predicted octanol–water partition coefficient (Wildman–Crippen LogP) is 3.94. The molecule has 2 rings (SSSR count). The number of halogens is 1. The third kappa shape index (κ3) is 3.60. The van der Waals surface area contributed by atoms with Crippen LogP contribution in [0.5, 0.6) is 0 Å². The van der Waals surface area contributed by atoms with E-state index in [4.69, 9.17) is 0 Å². The summed E-state index contributed by atoms with van der Waals surface area (Å²) in [6.45, 7) is 11.0. The minimum Gasteiger partial charge on any atom is -0.312 e. The molecule has 1 aromatic heterocycles. The number of nitrogens with one attached hydrogen (secondary N) is 1. The lowest BCUT2D eigenvalue weighted by molar-refractivity contribution is 0.215. The third-order valence-corrected chi connectivity index (χ3v) is 4.54. The van der Waals surface area contributed by atoms with Crippen molar-refractivity contribution in [3.8, 4) is 0 Å². The quantitative estimate of drug-likeness (QED) is 0.887. The summed E-state index contributed by atoms with van der Waals surface area (Å²) in [4.78, 5) is 0. The standard InChI is InChI=1S/C15H26BrN3/c1-5-8-19-14(13(16)10-18-19)12-7-6-11(12)9-17-15(2,3)4/h10-12,17H,5-9H2,1-4H3. The summed E-state index contributed by atoms with van der Waals surface area (Å²) in [6, 6.07) is 0. The molecule has 0 radical (unpaired) electrons. The van der Waals surface area contributed by atoms with Crippen molar-refractivity contribution >= 4 is 15.9 Å². The Bertz CT molecular complexity index is 420. The molecule has 0 aromatic carbocycles. The molecule has 4 heteroatoms. The first kappa shape index (κ1) is 15.0. The summed E-state index contributed by atoms with van der Waals surface area (Å²) in [5, 5.41) is 8.14. The molecule has 0 bridgehead atoms. The minimum absolute atomic E-state index is 0.209. The van der Waals surface area contributed by atoms with E-state index >= 15 is 0 Å². The molecule has 1 heterocycles. The Hall–Kier alpha value is -0.350. The molecule has 1 saturated carbocycles. The van der Waals surface area contributed by atoms with Gasteiger partial charge in [0.1, 0.15) is 0 Å². The number of hydrogen-bond acceptors (Lipinski definition) is 2. The Morgan fingerprint density at radius 3 is 2.68 bits per heavy atom. The van der Waals surface area contributed by atoms with Crippen LogP contribution >= 0.6 is 15.9 Å². The molecule has 3 nitrogen and oxygen atoms in total. The average Bonchev–Trinajstić information content (AvgIpc) is 2.59. The van der Waals surface area contributed by atoms with Gasteiger partial charge in [-0.25, -0.2) is 0 Å². The Labute approximate surface area is 125 Å². The molecule has 1 aliphatic rings. The zero-order valence-corrected chi connectivity index (χ0v) is 14.1. The molecule has 0 spiro atoms. The lowest BCUT2D eigenvalue weighted by atomic mass is 9.71. The normalized spacial score (nSPS) is 23.4. The zero-order valence-electron chi connectivity index (χ0n) is 12.5. The second kappa shape index (κ2) is 5.96. The summed E-state index contributed by atoms with van der Waals surface area (Å²) in [5.41, 5.74) is 1.62. The fraction of sp³-hybridized carbons (Fsp3) is 0.800. The van der Waals surface area contributed by atoms with Gasteiger partial charge in [-0.15, -0.1) is 0 Å². The van der Waals surface area contributed by atoms with Gasteiger partial charge in [0, 0.05) is 18.0 Å². The highest BCUT2D eigenvalue weighted by molar-refractivity contribution is 9.10. The monoisotopic (exact) mass is 327 g/mol. The first-order valence-corrected chi connectivity index (χ1v) is 8.18. The molecule has 0 amide bonds. The molecule has 19 heavy (non-hydrogen) atoms. The fourth-order valence-electron chi connectivity index (χ4n) is 2.74. The second-order valence-corrected chi connectivity index (χ2v) is 7.53. The van der Waals surface area contributed by atoms with Crippen molar-refractivity contribution in [3.63, 3.8) is 0 Å². The van der Waals surface area contributed by atoms with Crippen molar-refractivity contribution in [2.45, 2.75) is 65.0 Å². The van der Waals surface area contributed by atoms with Crippen LogP contribution in [0.15, 0.2) is 10.7 Å². The van der Waals surface area contributed by atoms with Crippen LogP contribution in [0.4, 0.5) is 0 Å². The summed E-state index contributed by atoms with van der Waals surface area (Å²) < 4.78 is 3.38. The molecular weight excluding hydrogens is 302 g/mol. The molecule has 2 unspecified atom stereocenters. The van der Waals surface area contributed by atoms with Gasteiger partial charge in [0.15, 0.2) is 0 Å². The molecule has 0 aliphatic heterocycles. The SMILES string of the molecule is CCCn1ncc(Br)c1C1CCC1CNC(C)(C)C. The molecule has 1 fully saturated rings. The summed E-state index contributed by atoms with van der Waals surface area (Å²) >= 11 is 3.68. The molecular formula is C15H26BrN3. The first-order valence-electron chi connectivity index (χ1n) is 7.38. The van der Waals surface area contributed by atoms with Gasteiger partial charge in [-0.2, -0.15) is 5.10 Å². The smallest absolute Gasteiger partial charge is 0.0635 e. The highest BCUT2D eigenvalue weighted by Gasteiger charge is 2.36. The number of aryl methyl sites for hydroxylation is 1. The molecule has 108 valence electrons. The van der Waals surface area contributed by atoms with Gasteiger partial charge in [-0.05, 0) is 68.4 Å². The van der Waals surface area contributed by atoms with Crippen LogP contribution in [-0.4, -0.2) is 21.9 Å². The van der Waals surface area contributed by atoms with E-state index in [0.29, 0.717) is 5.92 Å². The lowest BCUT2D eigenvalue weighted by Gasteiger charge is -2.39. The van der Waals surface area contributed by atoms with Crippen LogP contribution < -0.4 is 5.32 Å². The van der Waals surface area contributed by atoms with E-state index in [1.165, 1.54) is 23.0 Å². The predicted molar refractivity (Wildman–Crippen MR) is 83.4 cm³/mol. The van der Waals surface area contributed by atoms with E-state index in [-0.39, 0.29) is 5.54 Å². The Morgan fingerprint density at radius 2 is 2.16 bits per heavy atom. The van der Waals surface area contributed by atoms with Gasteiger partial charge in [-0.3, -0.25) is 4.68 Å². The molecule has 0 saturated heterocycles. The number of hydrogen-bond donors (Lipinski definition) is 1. The Balaban J connectivity index is 2.04.